The Kier molecular flexibility index (Phi) is 6.12. The summed E-state index contributed by atoms with van der Waals surface area (Å²) in [7, 11) is -3.74. The van der Waals surface area contributed by atoms with Gasteiger partial charge < -0.3 is 5.32 Å². The second kappa shape index (κ2) is 7.60. The molecule has 25 heavy (non-hydrogen) atoms. The number of carbonyl (C=O) groups is 1. The zero-order valence-corrected chi connectivity index (χ0v) is 16.3. The van der Waals surface area contributed by atoms with Crippen molar-refractivity contribution >= 4 is 27.5 Å². The number of nitrogens with zero attached hydrogens (tertiary/aromatic N) is 1. The van der Waals surface area contributed by atoms with E-state index in [4.69, 9.17) is 11.6 Å². The molecule has 0 aromatic heterocycles. The summed E-state index contributed by atoms with van der Waals surface area (Å²) < 4.78 is 39.9. The van der Waals surface area contributed by atoms with Crippen LogP contribution in [0.25, 0.3) is 0 Å². The number of nitrogens with one attached hydrogen (secondary N) is 1. The van der Waals surface area contributed by atoms with Crippen LogP contribution in [0.2, 0.25) is 5.02 Å². The van der Waals surface area contributed by atoms with Gasteiger partial charge in [-0.3, -0.25) is 4.79 Å². The molecule has 1 aromatic rings. The Labute approximate surface area is 153 Å². The summed E-state index contributed by atoms with van der Waals surface area (Å²) in [6, 6.07) is 3.37. The third-order valence-electron chi connectivity index (χ3n) is 4.70. The summed E-state index contributed by atoms with van der Waals surface area (Å²) >= 11 is 5.69. The first kappa shape index (κ1) is 20.1. The van der Waals surface area contributed by atoms with Gasteiger partial charge in [0, 0.05) is 24.5 Å². The maximum atomic E-state index is 13.2. The summed E-state index contributed by atoms with van der Waals surface area (Å²) in [5.74, 6) is -0.891. The third-order valence-corrected chi connectivity index (χ3v) is 6.88. The number of hydrogen-bond donors (Lipinski definition) is 1. The fourth-order valence-electron chi connectivity index (χ4n) is 2.67. The van der Waals surface area contributed by atoms with Gasteiger partial charge in [-0.05, 0) is 51.3 Å². The maximum Gasteiger partial charge on any atom is 0.243 e. The van der Waals surface area contributed by atoms with Gasteiger partial charge in [-0.1, -0.05) is 18.5 Å². The van der Waals surface area contributed by atoms with E-state index in [1.807, 2.05) is 20.8 Å². The standard InChI is InChI=1S/C17H24ClFN2O3S/c1-4-17(2,3)20-16(22)12-7-9-21(10-8-12)25(23,24)13-5-6-15(19)14(18)11-13/h5-6,11-12H,4,7-10H2,1-3H3,(H,20,22). The molecule has 1 aliphatic heterocycles. The van der Waals surface area contributed by atoms with Crippen LogP contribution in [0.5, 0.6) is 0 Å². The molecule has 0 aliphatic carbocycles. The van der Waals surface area contributed by atoms with Crippen molar-refractivity contribution in [2.24, 2.45) is 5.92 Å². The third kappa shape index (κ3) is 4.71. The fourth-order valence-corrected chi connectivity index (χ4v) is 4.41. The average molecular weight is 391 g/mol. The quantitative estimate of drug-likeness (QED) is 0.839. The molecule has 2 rings (SSSR count). The van der Waals surface area contributed by atoms with Crippen LogP contribution < -0.4 is 5.32 Å². The highest BCUT2D eigenvalue weighted by molar-refractivity contribution is 7.89. The molecule has 1 aromatic carbocycles. The summed E-state index contributed by atoms with van der Waals surface area (Å²) in [6.45, 7) is 6.43. The van der Waals surface area contributed by atoms with Crippen molar-refractivity contribution in [3.8, 4) is 0 Å². The highest BCUT2D eigenvalue weighted by atomic mass is 35.5. The summed E-state index contributed by atoms with van der Waals surface area (Å²) in [4.78, 5) is 12.3. The number of amides is 1. The van der Waals surface area contributed by atoms with E-state index in [1.54, 1.807) is 0 Å². The van der Waals surface area contributed by atoms with E-state index in [-0.39, 0.29) is 40.4 Å². The summed E-state index contributed by atoms with van der Waals surface area (Å²) in [5, 5.41) is 2.78. The predicted molar refractivity (Wildman–Crippen MR) is 95.4 cm³/mol. The van der Waals surface area contributed by atoms with Crippen molar-refractivity contribution in [3.05, 3.63) is 29.0 Å². The van der Waals surface area contributed by atoms with E-state index < -0.39 is 15.8 Å². The van der Waals surface area contributed by atoms with Crippen molar-refractivity contribution < 1.29 is 17.6 Å². The lowest BCUT2D eigenvalue weighted by atomic mass is 9.94. The summed E-state index contributed by atoms with van der Waals surface area (Å²) in [5.41, 5.74) is -0.273. The van der Waals surface area contributed by atoms with E-state index >= 15 is 0 Å². The van der Waals surface area contributed by atoms with Crippen LogP contribution in [0, 0.1) is 11.7 Å². The molecule has 5 nitrogen and oxygen atoms in total. The van der Waals surface area contributed by atoms with E-state index in [0.717, 1.165) is 18.6 Å². The van der Waals surface area contributed by atoms with Gasteiger partial charge in [0.2, 0.25) is 15.9 Å². The predicted octanol–water partition coefficient (Wildman–Crippen LogP) is 3.18. The molecule has 1 heterocycles. The van der Waals surface area contributed by atoms with Gasteiger partial charge in [-0.25, -0.2) is 12.8 Å². The van der Waals surface area contributed by atoms with Gasteiger partial charge in [-0.2, -0.15) is 4.31 Å². The number of halogens is 2. The number of carbonyl (C=O) groups excluding carboxylic acids is 1. The molecule has 0 radical (unpaired) electrons. The largest absolute Gasteiger partial charge is 0.351 e. The molecule has 1 fully saturated rings. The minimum absolute atomic E-state index is 0.0334. The lowest BCUT2D eigenvalue weighted by Gasteiger charge is -2.33. The first-order valence-corrected chi connectivity index (χ1v) is 10.2. The molecule has 0 saturated carbocycles. The smallest absolute Gasteiger partial charge is 0.243 e. The molecule has 0 spiro atoms. The number of rotatable bonds is 5. The number of piperidine rings is 1. The molecule has 8 heteroatoms. The second-order valence-electron chi connectivity index (χ2n) is 6.98. The van der Waals surface area contributed by atoms with Crippen LogP contribution in [-0.2, 0) is 14.8 Å². The van der Waals surface area contributed by atoms with Crippen LogP contribution >= 0.6 is 11.6 Å². The number of sulfonamides is 1. The lowest BCUT2D eigenvalue weighted by molar-refractivity contribution is -0.127. The van der Waals surface area contributed by atoms with Gasteiger partial charge in [0.25, 0.3) is 0 Å². The molecule has 0 unspecified atom stereocenters. The average Bonchev–Trinajstić information content (AvgIpc) is 2.57. The SMILES string of the molecule is CCC(C)(C)NC(=O)C1CCN(S(=O)(=O)c2ccc(F)c(Cl)c2)CC1. The molecular formula is C17H24ClFN2O3S. The molecule has 0 atom stereocenters. The first-order chi connectivity index (χ1) is 11.6. The normalized spacial score (nSPS) is 17.5. The topological polar surface area (TPSA) is 66.5 Å². The Morgan fingerprint density at radius 2 is 1.96 bits per heavy atom. The minimum Gasteiger partial charge on any atom is -0.351 e. The fraction of sp³-hybridized carbons (Fsp3) is 0.588. The Hall–Kier alpha value is -1.18. The van der Waals surface area contributed by atoms with Crippen LogP contribution in [0.4, 0.5) is 4.39 Å². The lowest BCUT2D eigenvalue weighted by Crippen LogP contribution is -2.48. The van der Waals surface area contributed by atoms with Crippen molar-refractivity contribution in [3.63, 3.8) is 0 Å². The minimum atomic E-state index is -3.74. The summed E-state index contributed by atoms with van der Waals surface area (Å²) in [6.07, 6.45) is 1.73. The number of hydrogen-bond acceptors (Lipinski definition) is 3. The second-order valence-corrected chi connectivity index (χ2v) is 9.33. The van der Waals surface area contributed by atoms with E-state index in [9.17, 15) is 17.6 Å². The monoisotopic (exact) mass is 390 g/mol. The van der Waals surface area contributed by atoms with E-state index in [1.165, 1.54) is 10.4 Å². The van der Waals surface area contributed by atoms with Crippen LogP contribution in [-0.4, -0.2) is 37.3 Å². The van der Waals surface area contributed by atoms with E-state index in [2.05, 4.69) is 5.32 Å². The van der Waals surface area contributed by atoms with Gasteiger partial charge in [0.05, 0.1) is 9.92 Å². The van der Waals surface area contributed by atoms with Gasteiger partial charge in [0.1, 0.15) is 5.82 Å². The molecule has 1 amide bonds. The van der Waals surface area contributed by atoms with Crippen molar-refractivity contribution in [1.29, 1.82) is 0 Å². The molecule has 1 N–H and O–H groups in total. The Balaban J connectivity index is 2.03. The van der Waals surface area contributed by atoms with E-state index in [0.29, 0.717) is 12.8 Å². The molecule has 140 valence electrons. The van der Waals surface area contributed by atoms with Crippen molar-refractivity contribution in [1.82, 2.24) is 9.62 Å². The highest BCUT2D eigenvalue weighted by Crippen LogP contribution is 2.27. The number of benzene rings is 1. The van der Waals surface area contributed by atoms with Gasteiger partial charge >= 0.3 is 0 Å². The van der Waals surface area contributed by atoms with Gasteiger partial charge in [0.15, 0.2) is 0 Å². The zero-order valence-electron chi connectivity index (χ0n) is 14.7. The van der Waals surface area contributed by atoms with Crippen LogP contribution in [0.15, 0.2) is 23.1 Å². The highest BCUT2D eigenvalue weighted by Gasteiger charge is 2.33. The maximum absolute atomic E-state index is 13.2. The van der Waals surface area contributed by atoms with Crippen LogP contribution in [0.1, 0.15) is 40.0 Å². The van der Waals surface area contributed by atoms with Crippen molar-refractivity contribution in [2.75, 3.05) is 13.1 Å². The van der Waals surface area contributed by atoms with Crippen LogP contribution in [0.3, 0.4) is 0 Å². The Bertz CT molecular complexity index is 744. The molecule has 1 aliphatic rings. The molecule has 1 saturated heterocycles. The Morgan fingerprint density at radius 1 is 1.36 bits per heavy atom. The zero-order chi connectivity index (χ0) is 18.8. The van der Waals surface area contributed by atoms with Crippen molar-refractivity contribution in [2.45, 2.75) is 50.5 Å². The first-order valence-electron chi connectivity index (χ1n) is 8.34. The van der Waals surface area contributed by atoms with Gasteiger partial charge in [-0.15, -0.1) is 0 Å². The Morgan fingerprint density at radius 3 is 2.48 bits per heavy atom. The molecular weight excluding hydrogens is 367 g/mol. The molecule has 0 bridgehead atoms.